The summed E-state index contributed by atoms with van der Waals surface area (Å²) in [6.45, 7) is 6.06. The lowest BCUT2D eigenvalue weighted by Crippen LogP contribution is -2.29. The van der Waals surface area contributed by atoms with E-state index in [2.05, 4.69) is 39.6 Å². The molecule has 5 nitrogen and oxygen atoms in total. The van der Waals surface area contributed by atoms with Gasteiger partial charge in [-0.1, -0.05) is 24.3 Å². The fourth-order valence-electron chi connectivity index (χ4n) is 3.47. The maximum Gasteiger partial charge on any atom is 0.165 e. The predicted molar refractivity (Wildman–Crippen MR) is 101 cm³/mol. The molecule has 1 aliphatic heterocycles. The Balaban J connectivity index is 1.60. The summed E-state index contributed by atoms with van der Waals surface area (Å²) in [5.74, 6) is 0.838. The molecule has 0 bridgehead atoms. The van der Waals surface area contributed by atoms with E-state index in [1.165, 1.54) is 5.56 Å². The molecule has 0 unspecified atom stereocenters. The lowest BCUT2D eigenvalue weighted by atomic mass is 9.98. The zero-order valence-corrected chi connectivity index (χ0v) is 14.9. The van der Waals surface area contributed by atoms with E-state index in [9.17, 15) is 5.11 Å². The molecular weight excluding hydrogens is 326 g/mol. The number of fused-ring (bicyclic) bond motifs is 1. The zero-order chi connectivity index (χ0) is 17.9. The van der Waals surface area contributed by atoms with Crippen LogP contribution in [0.2, 0.25) is 0 Å². The van der Waals surface area contributed by atoms with Gasteiger partial charge in [-0.15, -0.1) is 0 Å². The highest BCUT2D eigenvalue weighted by atomic mass is 16.5. The van der Waals surface area contributed by atoms with Crippen molar-refractivity contribution in [3.8, 4) is 22.6 Å². The number of ether oxygens (including phenoxy) is 1. The van der Waals surface area contributed by atoms with Crippen molar-refractivity contribution >= 4 is 0 Å². The fourth-order valence-corrected chi connectivity index (χ4v) is 3.47. The van der Waals surface area contributed by atoms with Gasteiger partial charge in [-0.2, -0.15) is 0 Å². The van der Waals surface area contributed by atoms with E-state index in [-0.39, 0.29) is 5.75 Å². The van der Waals surface area contributed by atoms with Crippen LogP contribution in [-0.2, 0) is 13.1 Å². The number of nitrogens with zero attached hydrogens (tertiary/aromatic N) is 3. The first-order valence-electron chi connectivity index (χ1n) is 8.93. The first kappa shape index (κ1) is 16.7. The normalized spacial score (nSPS) is 14.5. The van der Waals surface area contributed by atoms with Gasteiger partial charge < -0.3 is 14.4 Å². The number of phenols is 1. The van der Waals surface area contributed by atoms with E-state index in [1.807, 2.05) is 30.7 Å². The van der Waals surface area contributed by atoms with Crippen LogP contribution in [0.15, 0.2) is 55.1 Å². The van der Waals surface area contributed by atoms with Gasteiger partial charge in [0, 0.05) is 44.1 Å². The highest BCUT2D eigenvalue weighted by Gasteiger charge is 2.20. The smallest absolute Gasteiger partial charge is 0.165 e. The molecule has 0 aliphatic carbocycles. The molecule has 1 N–H and O–H groups in total. The summed E-state index contributed by atoms with van der Waals surface area (Å²) in [5, 5.41) is 10.5. The Kier molecular flexibility index (Phi) is 4.63. The van der Waals surface area contributed by atoms with Crippen molar-refractivity contribution in [3.63, 3.8) is 0 Å². The van der Waals surface area contributed by atoms with E-state index in [0.29, 0.717) is 12.4 Å². The van der Waals surface area contributed by atoms with Crippen molar-refractivity contribution in [1.82, 2.24) is 14.5 Å². The SMILES string of the molecule is Cc1ccccc1-c1cc(O)c2c(c1)CN(CCn1ccnc1)CCO2. The molecular formula is C21H23N3O2. The number of hydrogen-bond acceptors (Lipinski definition) is 4. The summed E-state index contributed by atoms with van der Waals surface area (Å²) in [5.41, 5.74) is 4.39. The van der Waals surface area contributed by atoms with Crippen LogP contribution >= 0.6 is 0 Å². The van der Waals surface area contributed by atoms with Crippen LogP contribution in [-0.4, -0.2) is 39.3 Å². The Morgan fingerprint density at radius 1 is 1.19 bits per heavy atom. The van der Waals surface area contributed by atoms with Crippen molar-refractivity contribution in [2.75, 3.05) is 19.7 Å². The second-order valence-corrected chi connectivity index (χ2v) is 6.72. The van der Waals surface area contributed by atoms with Crippen molar-refractivity contribution in [2.24, 2.45) is 0 Å². The van der Waals surface area contributed by atoms with Crippen molar-refractivity contribution in [3.05, 3.63) is 66.2 Å². The van der Waals surface area contributed by atoms with Gasteiger partial charge in [-0.25, -0.2) is 4.98 Å². The number of phenolic OH excluding ortho intramolecular Hbond substituents is 1. The highest BCUT2D eigenvalue weighted by molar-refractivity contribution is 5.71. The van der Waals surface area contributed by atoms with Gasteiger partial charge in [0.25, 0.3) is 0 Å². The number of benzene rings is 2. The number of aromatic hydroxyl groups is 1. The number of rotatable bonds is 4. The maximum absolute atomic E-state index is 10.5. The van der Waals surface area contributed by atoms with Crippen LogP contribution in [0, 0.1) is 6.92 Å². The van der Waals surface area contributed by atoms with Gasteiger partial charge in [-0.05, 0) is 35.7 Å². The molecule has 0 saturated heterocycles. The minimum absolute atomic E-state index is 0.220. The molecule has 3 aromatic rings. The monoisotopic (exact) mass is 349 g/mol. The molecule has 2 heterocycles. The third-order valence-electron chi connectivity index (χ3n) is 4.88. The van der Waals surface area contributed by atoms with E-state index in [1.54, 1.807) is 6.20 Å². The second kappa shape index (κ2) is 7.22. The summed E-state index contributed by atoms with van der Waals surface area (Å²) >= 11 is 0. The standard InChI is InChI=1S/C21H23N3O2/c1-16-4-2-3-5-19(16)17-12-18-14-23(8-9-24-7-6-22-15-24)10-11-26-21(18)20(25)13-17/h2-7,12-13,15,25H,8-11,14H2,1H3. The largest absolute Gasteiger partial charge is 0.504 e. The molecule has 0 atom stereocenters. The average molecular weight is 349 g/mol. The molecule has 0 spiro atoms. The number of hydrogen-bond donors (Lipinski definition) is 1. The minimum atomic E-state index is 0.220. The molecule has 2 aromatic carbocycles. The Morgan fingerprint density at radius 2 is 2.08 bits per heavy atom. The van der Waals surface area contributed by atoms with Crippen LogP contribution in [0.1, 0.15) is 11.1 Å². The maximum atomic E-state index is 10.5. The van der Waals surface area contributed by atoms with Crippen LogP contribution in [0.5, 0.6) is 11.5 Å². The van der Waals surface area contributed by atoms with Gasteiger partial charge >= 0.3 is 0 Å². The molecule has 4 rings (SSSR count). The summed E-state index contributed by atoms with van der Waals surface area (Å²) in [4.78, 5) is 6.45. The van der Waals surface area contributed by atoms with Crippen LogP contribution in [0.25, 0.3) is 11.1 Å². The quantitative estimate of drug-likeness (QED) is 0.784. The Bertz CT molecular complexity index is 890. The molecule has 5 heteroatoms. The minimum Gasteiger partial charge on any atom is -0.504 e. The van der Waals surface area contributed by atoms with E-state index >= 15 is 0 Å². The third kappa shape index (κ3) is 3.44. The molecule has 0 amide bonds. The number of aromatic nitrogens is 2. The predicted octanol–water partition coefficient (Wildman–Crippen LogP) is 3.46. The van der Waals surface area contributed by atoms with E-state index in [0.717, 1.165) is 42.9 Å². The van der Waals surface area contributed by atoms with Crippen LogP contribution in [0.4, 0.5) is 0 Å². The Morgan fingerprint density at radius 3 is 2.88 bits per heavy atom. The Hall–Kier alpha value is -2.79. The Labute approximate surface area is 153 Å². The molecule has 1 aromatic heterocycles. The molecule has 134 valence electrons. The van der Waals surface area contributed by atoms with Gasteiger partial charge in [0.05, 0.1) is 6.33 Å². The van der Waals surface area contributed by atoms with Crippen molar-refractivity contribution in [1.29, 1.82) is 0 Å². The third-order valence-corrected chi connectivity index (χ3v) is 4.88. The van der Waals surface area contributed by atoms with Crippen LogP contribution in [0.3, 0.4) is 0 Å². The summed E-state index contributed by atoms with van der Waals surface area (Å²) < 4.78 is 7.93. The lowest BCUT2D eigenvalue weighted by molar-refractivity contribution is 0.217. The topological polar surface area (TPSA) is 50.5 Å². The average Bonchev–Trinajstić information content (AvgIpc) is 3.06. The van der Waals surface area contributed by atoms with Gasteiger partial charge in [0.1, 0.15) is 6.61 Å². The van der Waals surface area contributed by atoms with Gasteiger partial charge in [-0.3, -0.25) is 4.90 Å². The van der Waals surface area contributed by atoms with E-state index < -0.39 is 0 Å². The number of aryl methyl sites for hydroxylation is 1. The molecule has 0 saturated carbocycles. The van der Waals surface area contributed by atoms with Crippen molar-refractivity contribution < 1.29 is 9.84 Å². The van der Waals surface area contributed by atoms with Crippen molar-refractivity contribution in [2.45, 2.75) is 20.0 Å². The first-order chi connectivity index (χ1) is 12.7. The molecule has 26 heavy (non-hydrogen) atoms. The fraction of sp³-hybridized carbons (Fsp3) is 0.286. The summed E-state index contributed by atoms with van der Waals surface area (Å²) in [6, 6.07) is 12.2. The molecule has 0 fully saturated rings. The van der Waals surface area contributed by atoms with E-state index in [4.69, 9.17) is 4.74 Å². The zero-order valence-electron chi connectivity index (χ0n) is 14.9. The number of imidazole rings is 1. The summed E-state index contributed by atoms with van der Waals surface area (Å²) in [7, 11) is 0. The van der Waals surface area contributed by atoms with Crippen LogP contribution < -0.4 is 4.74 Å². The van der Waals surface area contributed by atoms with Gasteiger partial charge in [0.2, 0.25) is 0 Å². The molecule has 0 radical (unpaired) electrons. The summed E-state index contributed by atoms with van der Waals surface area (Å²) in [6.07, 6.45) is 5.61. The van der Waals surface area contributed by atoms with Gasteiger partial charge in [0.15, 0.2) is 11.5 Å². The second-order valence-electron chi connectivity index (χ2n) is 6.72. The lowest BCUT2D eigenvalue weighted by Gasteiger charge is -2.19. The highest BCUT2D eigenvalue weighted by Crippen LogP contribution is 2.38. The first-order valence-corrected chi connectivity index (χ1v) is 8.93. The molecule has 1 aliphatic rings.